The molecule has 1 fully saturated rings. The predicted molar refractivity (Wildman–Crippen MR) is 85.7 cm³/mol. The number of nitrogens with one attached hydrogen (secondary N) is 1. The summed E-state index contributed by atoms with van der Waals surface area (Å²) in [5.41, 5.74) is 1.26. The van der Waals surface area contributed by atoms with Crippen molar-refractivity contribution in [3.63, 3.8) is 0 Å². The highest BCUT2D eigenvalue weighted by molar-refractivity contribution is 5.33. The van der Waals surface area contributed by atoms with Crippen LogP contribution in [0.4, 0.5) is 0 Å². The van der Waals surface area contributed by atoms with Crippen LogP contribution in [-0.4, -0.2) is 31.1 Å². The average molecular weight is 282 g/mol. The van der Waals surface area contributed by atoms with Crippen LogP contribution in [0.3, 0.4) is 0 Å². The maximum Gasteiger partial charge on any atom is 0.127 e. The molecule has 1 heterocycles. The fourth-order valence-corrected chi connectivity index (χ4v) is 2.71. The molecular weight excluding hydrogens is 260 g/mol. The smallest absolute Gasteiger partial charge is 0.127 e. The second-order valence-corrected chi connectivity index (χ2v) is 5.69. The second-order valence-electron chi connectivity index (χ2n) is 5.69. The monoisotopic (exact) mass is 282 g/mol. The Labute approximate surface area is 126 Å². The normalized spacial score (nSPS) is 18.8. The third-order valence-corrected chi connectivity index (χ3v) is 3.86. The summed E-state index contributed by atoms with van der Waals surface area (Å²) in [4.78, 5) is 2.37. The van der Waals surface area contributed by atoms with Crippen LogP contribution in [0, 0.1) is 0 Å². The summed E-state index contributed by atoms with van der Waals surface area (Å²) in [7, 11) is 2.18. The summed E-state index contributed by atoms with van der Waals surface area (Å²) in [6, 6.07) is 18.8. The van der Waals surface area contributed by atoms with Crippen molar-refractivity contribution in [2.45, 2.75) is 19.0 Å². The van der Waals surface area contributed by atoms with E-state index in [2.05, 4.69) is 35.5 Å². The number of ether oxygens (including phenoxy) is 1. The molecule has 1 saturated heterocycles. The summed E-state index contributed by atoms with van der Waals surface area (Å²) in [6.45, 7) is 3.22. The van der Waals surface area contributed by atoms with Crippen molar-refractivity contribution < 1.29 is 4.74 Å². The highest BCUT2D eigenvalue weighted by Gasteiger charge is 2.18. The molecule has 1 unspecified atom stereocenters. The highest BCUT2D eigenvalue weighted by atomic mass is 16.5. The van der Waals surface area contributed by atoms with E-state index in [9.17, 15) is 0 Å². The van der Waals surface area contributed by atoms with Crippen molar-refractivity contribution in [3.8, 4) is 11.5 Å². The van der Waals surface area contributed by atoms with E-state index in [1.165, 1.54) is 18.5 Å². The molecule has 3 nitrogen and oxygen atoms in total. The van der Waals surface area contributed by atoms with E-state index in [0.29, 0.717) is 6.04 Å². The van der Waals surface area contributed by atoms with Gasteiger partial charge in [0.2, 0.25) is 0 Å². The topological polar surface area (TPSA) is 24.5 Å². The number of likely N-dealkylation sites (N-methyl/N-ethyl adjacent to an activating group) is 1. The molecule has 2 aromatic rings. The maximum absolute atomic E-state index is 5.87. The van der Waals surface area contributed by atoms with Gasteiger partial charge in [0.1, 0.15) is 11.5 Å². The molecule has 0 saturated carbocycles. The molecule has 1 N–H and O–H groups in total. The molecule has 1 atom stereocenters. The van der Waals surface area contributed by atoms with Gasteiger partial charge in [0, 0.05) is 19.1 Å². The number of hydrogen-bond acceptors (Lipinski definition) is 3. The molecule has 1 aliphatic rings. The van der Waals surface area contributed by atoms with Gasteiger partial charge in [-0.25, -0.2) is 0 Å². The van der Waals surface area contributed by atoms with E-state index in [-0.39, 0.29) is 0 Å². The van der Waals surface area contributed by atoms with Gasteiger partial charge in [-0.15, -0.1) is 0 Å². The van der Waals surface area contributed by atoms with Gasteiger partial charge in [-0.2, -0.15) is 0 Å². The number of benzene rings is 2. The first-order chi connectivity index (χ1) is 10.3. The minimum absolute atomic E-state index is 0.605. The van der Waals surface area contributed by atoms with Crippen LogP contribution in [-0.2, 0) is 6.54 Å². The quantitative estimate of drug-likeness (QED) is 0.911. The summed E-state index contributed by atoms with van der Waals surface area (Å²) in [5, 5.41) is 3.62. The molecule has 0 spiro atoms. The summed E-state index contributed by atoms with van der Waals surface area (Å²) >= 11 is 0. The first kappa shape index (κ1) is 14.1. The van der Waals surface area contributed by atoms with E-state index < -0.39 is 0 Å². The van der Waals surface area contributed by atoms with Crippen molar-refractivity contribution in [2.24, 2.45) is 0 Å². The molecular formula is C18H22N2O. The van der Waals surface area contributed by atoms with Crippen molar-refractivity contribution in [1.29, 1.82) is 0 Å². The lowest BCUT2D eigenvalue weighted by atomic mass is 10.2. The van der Waals surface area contributed by atoms with E-state index in [0.717, 1.165) is 24.6 Å². The minimum Gasteiger partial charge on any atom is -0.457 e. The van der Waals surface area contributed by atoms with Gasteiger partial charge >= 0.3 is 0 Å². The number of para-hydroxylation sites is 1. The number of likely N-dealkylation sites (tertiary alicyclic amines) is 1. The third-order valence-electron chi connectivity index (χ3n) is 3.86. The summed E-state index contributed by atoms with van der Waals surface area (Å²) in [5.74, 6) is 1.77. The molecule has 3 heteroatoms. The van der Waals surface area contributed by atoms with Gasteiger partial charge in [0.15, 0.2) is 0 Å². The molecule has 0 bridgehead atoms. The number of hydrogen-bond donors (Lipinski definition) is 1. The minimum atomic E-state index is 0.605. The first-order valence-corrected chi connectivity index (χ1v) is 7.53. The van der Waals surface area contributed by atoms with E-state index in [1.807, 2.05) is 36.4 Å². The Kier molecular flexibility index (Phi) is 4.53. The van der Waals surface area contributed by atoms with Crippen LogP contribution in [0.25, 0.3) is 0 Å². The number of rotatable bonds is 5. The highest BCUT2D eigenvalue weighted by Crippen LogP contribution is 2.21. The van der Waals surface area contributed by atoms with Crippen molar-refractivity contribution in [2.75, 3.05) is 20.1 Å². The van der Waals surface area contributed by atoms with Gasteiger partial charge in [-0.3, -0.25) is 0 Å². The lowest BCUT2D eigenvalue weighted by Crippen LogP contribution is -2.30. The largest absolute Gasteiger partial charge is 0.457 e. The molecule has 21 heavy (non-hydrogen) atoms. The molecule has 2 aromatic carbocycles. The summed E-state index contributed by atoms with van der Waals surface area (Å²) in [6.07, 6.45) is 1.23. The van der Waals surface area contributed by atoms with E-state index in [4.69, 9.17) is 4.74 Å². The first-order valence-electron chi connectivity index (χ1n) is 7.53. The fourth-order valence-electron chi connectivity index (χ4n) is 2.71. The lowest BCUT2D eigenvalue weighted by Gasteiger charge is -2.13. The van der Waals surface area contributed by atoms with Crippen molar-refractivity contribution in [1.82, 2.24) is 10.2 Å². The van der Waals surface area contributed by atoms with Gasteiger partial charge in [0.05, 0.1) is 0 Å². The van der Waals surface area contributed by atoms with Crippen molar-refractivity contribution in [3.05, 3.63) is 60.2 Å². The van der Waals surface area contributed by atoms with Crippen LogP contribution in [0.1, 0.15) is 12.0 Å². The van der Waals surface area contributed by atoms with Gasteiger partial charge < -0.3 is 15.0 Å². The maximum atomic E-state index is 5.87. The van der Waals surface area contributed by atoms with E-state index in [1.54, 1.807) is 0 Å². The van der Waals surface area contributed by atoms with Crippen molar-refractivity contribution >= 4 is 0 Å². The SMILES string of the molecule is CN1CCC(NCc2cccc(Oc3ccccc3)c2)C1. The molecule has 0 amide bonds. The molecule has 3 rings (SSSR count). The zero-order valence-electron chi connectivity index (χ0n) is 12.5. The average Bonchev–Trinajstić information content (AvgIpc) is 2.92. The molecule has 110 valence electrons. The van der Waals surface area contributed by atoms with Gasteiger partial charge in [0.25, 0.3) is 0 Å². The predicted octanol–water partition coefficient (Wildman–Crippen LogP) is 3.27. The van der Waals surface area contributed by atoms with Crippen LogP contribution >= 0.6 is 0 Å². The Morgan fingerprint density at radius 1 is 1.10 bits per heavy atom. The standard InChI is InChI=1S/C18H22N2O/c1-20-11-10-16(14-20)19-13-15-6-5-9-18(12-15)21-17-7-3-2-4-8-17/h2-9,12,16,19H,10-11,13-14H2,1H3. The Morgan fingerprint density at radius 2 is 1.90 bits per heavy atom. The number of nitrogens with zero attached hydrogens (tertiary/aromatic N) is 1. The zero-order valence-corrected chi connectivity index (χ0v) is 12.5. The Morgan fingerprint density at radius 3 is 2.67 bits per heavy atom. The van der Waals surface area contributed by atoms with Crippen LogP contribution in [0.15, 0.2) is 54.6 Å². The van der Waals surface area contributed by atoms with Crippen LogP contribution in [0.5, 0.6) is 11.5 Å². The molecule has 0 aromatic heterocycles. The van der Waals surface area contributed by atoms with E-state index >= 15 is 0 Å². The fraction of sp³-hybridized carbons (Fsp3) is 0.333. The zero-order chi connectivity index (χ0) is 14.5. The molecule has 1 aliphatic heterocycles. The molecule has 0 aliphatic carbocycles. The lowest BCUT2D eigenvalue weighted by molar-refractivity contribution is 0.397. The van der Waals surface area contributed by atoms with Gasteiger partial charge in [-0.1, -0.05) is 30.3 Å². The Hall–Kier alpha value is -1.84. The van der Waals surface area contributed by atoms with Gasteiger partial charge in [-0.05, 0) is 49.8 Å². The van der Waals surface area contributed by atoms with Crippen LogP contribution < -0.4 is 10.1 Å². The summed E-state index contributed by atoms with van der Waals surface area (Å²) < 4.78 is 5.87. The molecule has 0 radical (unpaired) electrons. The van der Waals surface area contributed by atoms with Crippen LogP contribution in [0.2, 0.25) is 0 Å². The second kappa shape index (κ2) is 6.74. The Balaban J connectivity index is 1.58. The third kappa shape index (κ3) is 4.06. The Bertz CT molecular complexity index is 570.